The molecule has 0 aliphatic carbocycles. The summed E-state index contributed by atoms with van der Waals surface area (Å²) >= 11 is 5.71. The van der Waals surface area contributed by atoms with Gasteiger partial charge in [0.05, 0.1) is 6.61 Å². The van der Waals surface area contributed by atoms with E-state index in [0.717, 1.165) is 12.2 Å². The topological polar surface area (TPSA) is 38.3 Å². The Bertz CT molecular complexity index is 277. The van der Waals surface area contributed by atoms with E-state index in [1.165, 1.54) is 0 Å². The van der Waals surface area contributed by atoms with Crippen molar-refractivity contribution >= 4 is 30.4 Å². The van der Waals surface area contributed by atoms with Crippen molar-refractivity contribution in [3.05, 3.63) is 29.3 Å². The molecule has 0 aromatic heterocycles. The molecule has 0 saturated heterocycles. The van der Waals surface area contributed by atoms with Crippen molar-refractivity contribution in [2.75, 3.05) is 13.2 Å². The van der Waals surface area contributed by atoms with Crippen LogP contribution in [-0.2, 0) is 4.79 Å². The SMILES string of the molecule is Cl.O=CNCCCOc1ccc(Cl)cc1. The Morgan fingerprint density at radius 3 is 2.60 bits per heavy atom. The first-order valence-corrected chi connectivity index (χ1v) is 4.76. The smallest absolute Gasteiger partial charge is 0.207 e. The molecule has 0 aliphatic rings. The monoisotopic (exact) mass is 249 g/mol. The van der Waals surface area contributed by atoms with E-state index in [9.17, 15) is 4.79 Å². The van der Waals surface area contributed by atoms with Gasteiger partial charge in [-0.2, -0.15) is 0 Å². The molecular formula is C10H13Cl2NO2. The van der Waals surface area contributed by atoms with Crippen LogP contribution in [0.3, 0.4) is 0 Å². The molecule has 1 rings (SSSR count). The molecule has 0 spiro atoms. The molecule has 5 heteroatoms. The first-order valence-electron chi connectivity index (χ1n) is 4.38. The Kier molecular flexibility index (Phi) is 7.86. The number of ether oxygens (including phenoxy) is 1. The van der Waals surface area contributed by atoms with E-state index >= 15 is 0 Å². The van der Waals surface area contributed by atoms with Gasteiger partial charge in [0.25, 0.3) is 0 Å². The van der Waals surface area contributed by atoms with Crippen molar-refractivity contribution in [3.63, 3.8) is 0 Å². The molecule has 1 N–H and O–H groups in total. The van der Waals surface area contributed by atoms with Crippen molar-refractivity contribution in [1.82, 2.24) is 5.32 Å². The lowest BCUT2D eigenvalue weighted by molar-refractivity contribution is -0.109. The number of hydrogen-bond acceptors (Lipinski definition) is 2. The quantitative estimate of drug-likeness (QED) is 0.621. The van der Waals surface area contributed by atoms with Gasteiger partial charge in [0, 0.05) is 11.6 Å². The van der Waals surface area contributed by atoms with Gasteiger partial charge in [-0.05, 0) is 30.7 Å². The van der Waals surface area contributed by atoms with Crippen LogP contribution in [0.2, 0.25) is 5.02 Å². The van der Waals surface area contributed by atoms with Crippen LogP contribution in [0.25, 0.3) is 0 Å². The highest BCUT2D eigenvalue weighted by Crippen LogP contribution is 2.15. The van der Waals surface area contributed by atoms with Crippen LogP contribution in [0.5, 0.6) is 5.75 Å². The molecule has 1 aromatic carbocycles. The average molecular weight is 250 g/mol. The normalized spacial score (nSPS) is 8.87. The van der Waals surface area contributed by atoms with Crippen molar-refractivity contribution in [1.29, 1.82) is 0 Å². The van der Waals surface area contributed by atoms with E-state index in [1.807, 2.05) is 12.1 Å². The number of amides is 1. The van der Waals surface area contributed by atoms with Gasteiger partial charge >= 0.3 is 0 Å². The second-order valence-corrected chi connectivity index (χ2v) is 3.16. The number of rotatable bonds is 6. The molecule has 15 heavy (non-hydrogen) atoms. The molecule has 0 saturated carbocycles. The van der Waals surface area contributed by atoms with Crippen molar-refractivity contribution in [2.45, 2.75) is 6.42 Å². The van der Waals surface area contributed by atoms with Crippen molar-refractivity contribution in [3.8, 4) is 5.75 Å². The van der Waals surface area contributed by atoms with Crippen LogP contribution < -0.4 is 10.1 Å². The van der Waals surface area contributed by atoms with E-state index in [2.05, 4.69) is 5.32 Å². The molecule has 0 heterocycles. The highest BCUT2D eigenvalue weighted by Gasteiger charge is 1.93. The van der Waals surface area contributed by atoms with Gasteiger partial charge in [0.15, 0.2) is 0 Å². The Morgan fingerprint density at radius 1 is 1.33 bits per heavy atom. The standard InChI is InChI=1S/C10H12ClNO2.ClH/c11-9-2-4-10(5-3-9)14-7-1-6-12-8-13;/h2-5,8H,1,6-7H2,(H,12,13);1H. The third-order valence-electron chi connectivity index (χ3n) is 1.63. The summed E-state index contributed by atoms with van der Waals surface area (Å²) in [5.74, 6) is 0.792. The fourth-order valence-corrected chi connectivity index (χ4v) is 1.08. The summed E-state index contributed by atoms with van der Waals surface area (Å²) in [4.78, 5) is 9.91. The van der Waals surface area contributed by atoms with Gasteiger partial charge < -0.3 is 10.1 Å². The molecule has 0 bridgehead atoms. The maximum atomic E-state index is 9.91. The first-order chi connectivity index (χ1) is 6.83. The molecule has 1 amide bonds. The molecule has 84 valence electrons. The highest BCUT2D eigenvalue weighted by molar-refractivity contribution is 6.30. The lowest BCUT2D eigenvalue weighted by Crippen LogP contribution is -2.14. The Hall–Kier alpha value is -0.930. The van der Waals surface area contributed by atoms with Gasteiger partial charge in [-0.25, -0.2) is 0 Å². The zero-order valence-corrected chi connectivity index (χ0v) is 9.68. The van der Waals surface area contributed by atoms with Crippen LogP contribution in [0.15, 0.2) is 24.3 Å². The van der Waals surface area contributed by atoms with E-state index in [4.69, 9.17) is 16.3 Å². The third-order valence-corrected chi connectivity index (χ3v) is 1.88. The van der Waals surface area contributed by atoms with E-state index in [1.54, 1.807) is 12.1 Å². The third kappa shape index (κ3) is 6.20. The number of benzene rings is 1. The predicted molar refractivity (Wildman–Crippen MR) is 62.9 cm³/mol. The van der Waals surface area contributed by atoms with Crippen LogP contribution in [-0.4, -0.2) is 19.6 Å². The molecule has 0 fully saturated rings. The summed E-state index contributed by atoms with van der Waals surface area (Å²) < 4.78 is 5.39. The van der Waals surface area contributed by atoms with Crippen LogP contribution >= 0.6 is 24.0 Å². The molecule has 3 nitrogen and oxygen atoms in total. The largest absolute Gasteiger partial charge is 0.494 e. The Labute approximate surface area is 100 Å². The molecule has 0 atom stereocenters. The zero-order valence-electron chi connectivity index (χ0n) is 8.11. The summed E-state index contributed by atoms with van der Waals surface area (Å²) in [6, 6.07) is 7.19. The minimum Gasteiger partial charge on any atom is -0.494 e. The minimum atomic E-state index is 0. The van der Waals surface area contributed by atoms with Gasteiger partial charge in [0.2, 0.25) is 6.41 Å². The lowest BCUT2D eigenvalue weighted by atomic mass is 10.3. The highest BCUT2D eigenvalue weighted by atomic mass is 35.5. The van der Waals surface area contributed by atoms with Gasteiger partial charge in [-0.15, -0.1) is 12.4 Å². The summed E-state index contributed by atoms with van der Waals surface area (Å²) in [7, 11) is 0. The fourth-order valence-electron chi connectivity index (χ4n) is 0.954. The average Bonchev–Trinajstić information content (AvgIpc) is 2.21. The summed E-state index contributed by atoms with van der Waals surface area (Å²) in [6.07, 6.45) is 1.48. The number of nitrogens with one attached hydrogen (secondary N) is 1. The number of carbonyl (C=O) groups is 1. The maximum absolute atomic E-state index is 9.91. The second kappa shape index (κ2) is 8.38. The number of halogens is 2. The maximum Gasteiger partial charge on any atom is 0.207 e. The fraction of sp³-hybridized carbons (Fsp3) is 0.300. The molecule has 1 aromatic rings. The van der Waals surface area contributed by atoms with Gasteiger partial charge in [0.1, 0.15) is 5.75 Å². The lowest BCUT2D eigenvalue weighted by Gasteiger charge is -2.05. The van der Waals surface area contributed by atoms with Crippen LogP contribution in [0, 0.1) is 0 Å². The van der Waals surface area contributed by atoms with Crippen LogP contribution in [0.1, 0.15) is 6.42 Å². The number of carbonyl (C=O) groups excluding carboxylic acids is 1. The second-order valence-electron chi connectivity index (χ2n) is 2.73. The van der Waals surface area contributed by atoms with E-state index in [0.29, 0.717) is 24.6 Å². The first kappa shape index (κ1) is 14.1. The number of hydrogen-bond donors (Lipinski definition) is 1. The Morgan fingerprint density at radius 2 is 2.00 bits per heavy atom. The molecule has 0 radical (unpaired) electrons. The van der Waals surface area contributed by atoms with Gasteiger partial charge in [-0.1, -0.05) is 11.6 Å². The summed E-state index contributed by atoms with van der Waals surface area (Å²) in [5.41, 5.74) is 0. The summed E-state index contributed by atoms with van der Waals surface area (Å²) in [5, 5.41) is 3.26. The molecule has 0 unspecified atom stereocenters. The predicted octanol–water partition coefficient (Wildman–Crippen LogP) is 2.28. The zero-order chi connectivity index (χ0) is 10.2. The molecule has 0 aliphatic heterocycles. The Balaban J connectivity index is 0.00000196. The van der Waals surface area contributed by atoms with Crippen molar-refractivity contribution in [2.24, 2.45) is 0 Å². The van der Waals surface area contributed by atoms with E-state index < -0.39 is 0 Å². The molecular weight excluding hydrogens is 237 g/mol. The summed E-state index contributed by atoms with van der Waals surface area (Å²) in [6.45, 7) is 1.22. The minimum absolute atomic E-state index is 0. The van der Waals surface area contributed by atoms with Crippen LogP contribution in [0.4, 0.5) is 0 Å². The van der Waals surface area contributed by atoms with Gasteiger partial charge in [-0.3, -0.25) is 4.79 Å². The van der Waals surface area contributed by atoms with E-state index in [-0.39, 0.29) is 12.4 Å². The van der Waals surface area contributed by atoms with Crippen molar-refractivity contribution < 1.29 is 9.53 Å².